The van der Waals surface area contributed by atoms with E-state index in [-0.39, 0.29) is 11.9 Å². The van der Waals surface area contributed by atoms with Gasteiger partial charge in [0.25, 0.3) is 0 Å². The minimum absolute atomic E-state index is 0.0273. The lowest BCUT2D eigenvalue weighted by Gasteiger charge is -2.33. The summed E-state index contributed by atoms with van der Waals surface area (Å²) in [6, 6.07) is 0. The molecule has 1 aromatic heterocycles. The van der Waals surface area contributed by atoms with Crippen LogP contribution in [0.15, 0.2) is 17.4 Å². The Kier molecular flexibility index (Phi) is 7.08. The number of carbonyl (C=O) groups excluding carboxylic acids is 1. The molecule has 0 atom stereocenters. The monoisotopic (exact) mass is 335 g/mol. The lowest BCUT2D eigenvalue weighted by Crippen LogP contribution is -2.46. The number of hydrogen-bond acceptors (Lipinski definition) is 4. The molecule has 2 heterocycles. The van der Waals surface area contributed by atoms with Crippen molar-refractivity contribution < 1.29 is 9.53 Å². The third-order valence-corrected chi connectivity index (χ3v) is 4.17. The van der Waals surface area contributed by atoms with E-state index in [2.05, 4.69) is 22.2 Å². The highest BCUT2D eigenvalue weighted by molar-refractivity contribution is 5.80. The maximum atomic E-state index is 11.8. The number of nitrogens with one attached hydrogen (secondary N) is 1. The van der Waals surface area contributed by atoms with Crippen LogP contribution < -0.4 is 5.32 Å². The fraction of sp³-hybridized carbons (Fsp3) is 0.706. The molecule has 1 fully saturated rings. The Labute approximate surface area is 144 Å². The molecule has 0 amide bonds. The smallest absolute Gasteiger partial charge is 0.309 e. The van der Waals surface area contributed by atoms with Crippen LogP contribution in [0.25, 0.3) is 0 Å². The molecular formula is C17H29N5O2. The Bertz CT molecular complexity index is 547. The van der Waals surface area contributed by atoms with Gasteiger partial charge in [-0.25, -0.2) is 0 Å². The molecule has 0 aliphatic carbocycles. The molecule has 1 aliphatic rings. The van der Waals surface area contributed by atoms with Crippen molar-refractivity contribution in [1.82, 2.24) is 20.0 Å². The molecule has 7 nitrogen and oxygen atoms in total. The highest BCUT2D eigenvalue weighted by Gasteiger charge is 2.27. The van der Waals surface area contributed by atoms with Crippen molar-refractivity contribution in [3.63, 3.8) is 0 Å². The van der Waals surface area contributed by atoms with E-state index >= 15 is 0 Å². The van der Waals surface area contributed by atoms with E-state index in [1.807, 2.05) is 31.0 Å². The quantitative estimate of drug-likeness (QED) is 0.480. The summed E-state index contributed by atoms with van der Waals surface area (Å²) in [5, 5.41) is 7.53. The lowest BCUT2D eigenvalue weighted by atomic mass is 9.97. The second kappa shape index (κ2) is 9.30. The van der Waals surface area contributed by atoms with Gasteiger partial charge < -0.3 is 15.0 Å². The maximum absolute atomic E-state index is 11.8. The normalized spacial score (nSPS) is 16.3. The molecule has 0 radical (unpaired) electrons. The van der Waals surface area contributed by atoms with Crippen LogP contribution >= 0.6 is 0 Å². The Hall–Kier alpha value is -2.05. The van der Waals surface area contributed by atoms with Crippen molar-refractivity contribution in [3.05, 3.63) is 18.0 Å². The number of nitrogens with zero attached hydrogens (tertiary/aromatic N) is 4. The van der Waals surface area contributed by atoms with Gasteiger partial charge in [-0.05, 0) is 38.7 Å². The number of rotatable bonds is 6. The number of piperidine rings is 1. The maximum Gasteiger partial charge on any atom is 0.309 e. The lowest BCUT2D eigenvalue weighted by molar-refractivity contribution is -0.149. The molecular weight excluding hydrogens is 306 g/mol. The van der Waals surface area contributed by atoms with Gasteiger partial charge in [0.05, 0.1) is 18.7 Å². The van der Waals surface area contributed by atoms with Crippen LogP contribution in [-0.2, 0) is 23.0 Å². The third kappa shape index (κ3) is 5.25. The van der Waals surface area contributed by atoms with Gasteiger partial charge in [0.15, 0.2) is 5.96 Å². The number of esters is 1. The molecule has 1 N–H and O–H groups in total. The average molecular weight is 335 g/mol. The molecule has 0 bridgehead atoms. The zero-order valence-corrected chi connectivity index (χ0v) is 15.0. The minimum atomic E-state index is -0.0596. The van der Waals surface area contributed by atoms with Gasteiger partial charge in [-0.15, -0.1) is 0 Å². The molecule has 7 heteroatoms. The topological polar surface area (TPSA) is 71.8 Å². The van der Waals surface area contributed by atoms with E-state index in [1.54, 1.807) is 0 Å². The first-order chi connectivity index (χ1) is 11.6. The summed E-state index contributed by atoms with van der Waals surface area (Å²) in [6.45, 7) is 7.62. The summed E-state index contributed by atoms with van der Waals surface area (Å²) in [5.74, 6) is 0.902. The fourth-order valence-electron chi connectivity index (χ4n) is 2.90. The fourth-order valence-corrected chi connectivity index (χ4v) is 2.90. The molecule has 0 spiro atoms. The second-order valence-corrected chi connectivity index (χ2v) is 6.02. The number of aromatic nitrogens is 2. The Morgan fingerprint density at radius 3 is 2.75 bits per heavy atom. The van der Waals surface area contributed by atoms with Crippen molar-refractivity contribution in [2.24, 2.45) is 18.0 Å². The summed E-state index contributed by atoms with van der Waals surface area (Å²) >= 11 is 0. The summed E-state index contributed by atoms with van der Waals surface area (Å²) in [5.41, 5.74) is 1.19. The van der Waals surface area contributed by atoms with Crippen molar-refractivity contribution in [3.8, 4) is 0 Å². The molecule has 0 unspecified atom stereocenters. The molecule has 0 aromatic carbocycles. The first kappa shape index (κ1) is 18.3. The number of carbonyl (C=O) groups is 1. The van der Waals surface area contributed by atoms with Gasteiger partial charge in [-0.1, -0.05) is 0 Å². The minimum Gasteiger partial charge on any atom is -0.466 e. The van der Waals surface area contributed by atoms with Crippen molar-refractivity contribution >= 4 is 11.9 Å². The van der Waals surface area contributed by atoms with Crippen LogP contribution in [0.4, 0.5) is 0 Å². The average Bonchev–Trinajstić information content (AvgIpc) is 3.00. The van der Waals surface area contributed by atoms with Gasteiger partial charge in [-0.2, -0.15) is 5.10 Å². The molecule has 24 heavy (non-hydrogen) atoms. The summed E-state index contributed by atoms with van der Waals surface area (Å²) < 4.78 is 6.94. The van der Waals surface area contributed by atoms with Crippen LogP contribution in [0.2, 0.25) is 0 Å². The zero-order chi connectivity index (χ0) is 17.4. The summed E-state index contributed by atoms with van der Waals surface area (Å²) in [7, 11) is 1.92. The molecule has 1 saturated heterocycles. The van der Waals surface area contributed by atoms with Crippen LogP contribution in [0.5, 0.6) is 0 Å². The van der Waals surface area contributed by atoms with Crippen LogP contribution in [0.3, 0.4) is 0 Å². The van der Waals surface area contributed by atoms with Crippen LogP contribution in [-0.4, -0.2) is 59.4 Å². The number of guanidine groups is 1. The number of hydrogen-bond donors (Lipinski definition) is 1. The van der Waals surface area contributed by atoms with Crippen molar-refractivity contribution in [2.75, 3.05) is 32.8 Å². The van der Waals surface area contributed by atoms with E-state index in [9.17, 15) is 4.79 Å². The van der Waals surface area contributed by atoms with Gasteiger partial charge in [0.2, 0.25) is 0 Å². The largest absolute Gasteiger partial charge is 0.466 e. The first-order valence-corrected chi connectivity index (χ1v) is 8.81. The van der Waals surface area contributed by atoms with Crippen LogP contribution in [0.1, 0.15) is 32.3 Å². The number of ether oxygens (including phenoxy) is 1. The summed E-state index contributed by atoms with van der Waals surface area (Å²) in [6.07, 6.45) is 6.43. The van der Waals surface area contributed by atoms with E-state index in [1.165, 1.54) is 5.56 Å². The van der Waals surface area contributed by atoms with Gasteiger partial charge in [0, 0.05) is 39.4 Å². The zero-order valence-electron chi connectivity index (χ0n) is 15.0. The van der Waals surface area contributed by atoms with Crippen LogP contribution in [0, 0.1) is 5.92 Å². The Balaban J connectivity index is 1.86. The number of aryl methyl sites for hydroxylation is 1. The van der Waals surface area contributed by atoms with Gasteiger partial charge >= 0.3 is 5.97 Å². The highest BCUT2D eigenvalue weighted by Crippen LogP contribution is 2.18. The highest BCUT2D eigenvalue weighted by atomic mass is 16.5. The van der Waals surface area contributed by atoms with E-state index in [4.69, 9.17) is 9.73 Å². The molecule has 0 saturated carbocycles. The summed E-state index contributed by atoms with van der Waals surface area (Å²) in [4.78, 5) is 18.8. The van der Waals surface area contributed by atoms with Crippen molar-refractivity contribution in [2.45, 2.75) is 33.1 Å². The third-order valence-electron chi connectivity index (χ3n) is 4.17. The molecule has 2 rings (SSSR count). The Morgan fingerprint density at radius 1 is 1.42 bits per heavy atom. The first-order valence-electron chi connectivity index (χ1n) is 8.81. The SMILES string of the molecule is CCNC(=NCCc1cnn(C)c1)N1CCC(C(=O)OCC)CC1. The second-order valence-electron chi connectivity index (χ2n) is 6.02. The van der Waals surface area contributed by atoms with E-state index in [0.717, 1.165) is 51.4 Å². The van der Waals surface area contributed by atoms with Crippen molar-refractivity contribution in [1.29, 1.82) is 0 Å². The molecule has 1 aliphatic heterocycles. The van der Waals surface area contributed by atoms with E-state index < -0.39 is 0 Å². The van der Waals surface area contributed by atoms with Gasteiger partial charge in [-0.3, -0.25) is 14.5 Å². The van der Waals surface area contributed by atoms with E-state index in [0.29, 0.717) is 6.61 Å². The number of likely N-dealkylation sites (tertiary alicyclic amines) is 1. The predicted molar refractivity (Wildman–Crippen MR) is 93.8 cm³/mol. The Morgan fingerprint density at radius 2 is 2.17 bits per heavy atom. The molecule has 134 valence electrons. The predicted octanol–water partition coefficient (Wildman–Crippen LogP) is 1.20. The standard InChI is InChI=1S/C17H29N5O2/c1-4-18-17(19-9-6-14-12-20-21(3)13-14)22-10-7-15(8-11-22)16(23)24-5-2/h12-13,15H,4-11H2,1-3H3,(H,18,19). The van der Waals surface area contributed by atoms with Gasteiger partial charge in [0.1, 0.15) is 0 Å². The number of aliphatic imine (C=N–C) groups is 1. The molecule has 1 aromatic rings.